The molecule has 0 aliphatic carbocycles. The molecular weight excluding hydrogens is 327 g/mol. The molecule has 3 nitrogen and oxygen atoms in total. The van der Waals surface area contributed by atoms with Crippen LogP contribution in [0.25, 0.3) is 21.8 Å². The topological polar surface area (TPSA) is 40.7 Å². The molecule has 0 bridgehead atoms. The third-order valence-corrected chi connectivity index (χ3v) is 4.12. The maximum atomic E-state index is 12.8. The quantitative estimate of drug-likeness (QED) is 0.527. The zero-order valence-electron chi connectivity index (χ0n) is 13.1. The minimum absolute atomic E-state index is 0.269. The highest BCUT2D eigenvalue weighted by Gasteiger charge is 2.30. The molecule has 0 aliphatic rings. The van der Waals surface area contributed by atoms with E-state index < -0.39 is 11.7 Å². The Morgan fingerprint density at radius 2 is 1.76 bits per heavy atom. The Hall–Kier alpha value is -3.02. The Morgan fingerprint density at radius 1 is 0.920 bits per heavy atom. The van der Waals surface area contributed by atoms with Crippen molar-refractivity contribution in [1.29, 1.82) is 0 Å². The van der Waals surface area contributed by atoms with Gasteiger partial charge in [-0.15, -0.1) is 0 Å². The molecule has 0 unspecified atom stereocenters. The van der Waals surface area contributed by atoms with Gasteiger partial charge in [-0.25, -0.2) is 4.98 Å². The number of halogens is 3. The number of para-hydroxylation sites is 1. The first-order valence-corrected chi connectivity index (χ1v) is 7.77. The van der Waals surface area contributed by atoms with Gasteiger partial charge in [0.1, 0.15) is 5.82 Å². The van der Waals surface area contributed by atoms with Gasteiger partial charge in [-0.05, 0) is 29.8 Å². The van der Waals surface area contributed by atoms with E-state index in [0.29, 0.717) is 11.4 Å². The van der Waals surface area contributed by atoms with Crippen LogP contribution >= 0.6 is 0 Å². The van der Waals surface area contributed by atoms with E-state index in [1.807, 2.05) is 30.3 Å². The van der Waals surface area contributed by atoms with E-state index in [4.69, 9.17) is 0 Å². The second-order valence-electron chi connectivity index (χ2n) is 5.84. The highest BCUT2D eigenvalue weighted by atomic mass is 19.4. The monoisotopic (exact) mass is 341 g/mol. The molecule has 2 aromatic heterocycles. The summed E-state index contributed by atoms with van der Waals surface area (Å²) in [5, 5.41) is 5.20. The zero-order chi connectivity index (χ0) is 17.4. The molecular formula is C19H14F3N3. The standard InChI is InChI=1S/C19H14F3N3/c20-19(21,22)13-5-3-4-12(8-13)10-23-18-9-15-14-6-1-2-7-16(14)25-17(15)11-24-18/h1-9,11,25H,10H2,(H,23,24). The zero-order valence-corrected chi connectivity index (χ0v) is 13.1. The second kappa shape index (κ2) is 5.81. The second-order valence-corrected chi connectivity index (χ2v) is 5.84. The molecule has 4 aromatic rings. The van der Waals surface area contributed by atoms with Crippen molar-refractivity contribution in [3.63, 3.8) is 0 Å². The van der Waals surface area contributed by atoms with Crippen LogP contribution in [0.5, 0.6) is 0 Å². The summed E-state index contributed by atoms with van der Waals surface area (Å²) < 4.78 is 38.3. The number of aromatic nitrogens is 2. The average Bonchev–Trinajstić information content (AvgIpc) is 2.97. The largest absolute Gasteiger partial charge is 0.416 e. The van der Waals surface area contributed by atoms with Gasteiger partial charge >= 0.3 is 6.18 Å². The molecule has 0 fully saturated rings. The summed E-state index contributed by atoms with van der Waals surface area (Å²) in [6.45, 7) is 0.269. The smallest absolute Gasteiger partial charge is 0.366 e. The lowest BCUT2D eigenvalue weighted by Gasteiger charge is -2.10. The number of nitrogens with zero attached hydrogens (tertiary/aromatic N) is 1. The third kappa shape index (κ3) is 3.03. The first-order valence-electron chi connectivity index (χ1n) is 7.77. The van der Waals surface area contributed by atoms with E-state index >= 15 is 0 Å². The summed E-state index contributed by atoms with van der Waals surface area (Å²) in [6.07, 6.45) is -2.61. The van der Waals surface area contributed by atoms with E-state index in [1.165, 1.54) is 6.07 Å². The highest BCUT2D eigenvalue weighted by molar-refractivity contribution is 6.07. The van der Waals surface area contributed by atoms with E-state index in [9.17, 15) is 13.2 Å². The molecule has 25 heavy (non-hydrogen) atoms. The van der Waals surface area contributed by atoms with Crippen LogP contribution in [-0.4, -0.2) is 9.97 Å². The van der Waals surface area contributed by atoms with Crippen molar-refractivity contribution in [1.82, 2.24) is 9.97 Å². The minimum Gasteiger partial charge on any atom is -0.366 e. The van der Waals surface area contributed by atoms with Crippen LogP contribution in [0, 0.1) is 0 Å². The summed E-state index contributed by atoms with van der Waals surface area (Å²) in [5.41, 5.74) is 1.85. The summed E-state index contributed by atoms with van der Waals surface area (Å²) in [4.78, 5) is 7.61. The van der Waals surface area contributed by atoms with E-state index in [2.05, 4.69) is 15.3 Å². The number of pyridine rings is 1. The van der Waals surface area contributed by atoms with Crippen LogP contribution in [0.2, 0.25) is 0 Å². The molecule has 0 aliphatic heterocycles. The number of nitrogens with one attached hydrogen (secondary N) is 2. The maximum Gasteiger partial charge on any atom is 0.416 e. The number of hydrogen-bond donors (Lipinski definition) is 2. The third-order valence-electron chi connectivity index (χ3n) is 4.12. The minimum atomic E-state index is -4.34. The van der Waals surface area contributed by atoms with Gasteiger partial charge in [0.15, 0.2) is 0 Å². The predicted octanol–water partition coefficient (Wildman–Crippen LogP) is 5.35. The van der Waals surface area contributed by atoms with E-state index in [-0.39, 0.29) is 6.54 Å². The van der Waals surface area contributed by atoms with E-state index in [1.54, 1.807) is 12.3 Å². The van der Waals surface area contributed by atoms with Gasteiger partial charge < -0.3 is 10.3 Å². The average molecular weight is 341 g/mol. The number of rotatable bonds is 3. The number of H-pyrrole nitrogens is 1. The van der Waals surface area contributed by atoms with Crippen LogP contribution in [0.3, 0.4) is 0 Å². The number of anilines is 1. The van der Waals surface area contributed by atoms with Crippen molar-refractivity contribution in [2.75, 3.05) is 5.32 Å². The molecule has 6 heteroatoms. The molecule has 0 saturated carbocycles. The maximum absolute atomic E-state index is 12.8. The highest BCUT2D eigenvalue weighted by Crippen LogP contribution is 2.30. The number of aromatic amines is 1. The molecule has 2 N–H and O–H groups in total. The summed E-state index contributed by atoms with van der Waals surface area (Å²) in [7, 11) is 0. The SMILES string of the molecule is FC(F)(F)c1cccc(CNc2cc3c(cn2)[nH]c2ccccc23)c1. The van der Waals surface area contributed by atoms with Gasteiger partial charge in [-0.1, -0.05) is 30.3 Å². The van der Waals surface area contributed by atoms with Gasteiger partial charge in [0.2, 0.25) is 0 Å². The Morgan fingerprint density at radius 3 is 2.60 bits per heavy atom. The van der Waals surface area contributed by atoms with Crippen molar-refractivity contribution in [2.24, 2.45) is 0 Å². The van der Waals surface area contributed by atoms with Gasteiger partial charge in [0.25, 0.3) is 0 Å². The van der Waals surface area contributed by atoms with Crippen molar-refractivity contribution in [2.45, 2.75) is 12.7 Å². The van der Waals surface area contributed by atoms with Crippen molar-refractivity contribution in [3.05, 3.63) is 71.9 Å². The first-order chi connectivity index (χ1) is 12.0. The van der Waals surface area contributed by atoms with Gasteiger partial charge in [-0.3, -0.25) is 0 Å². The molecule has 0 amide bonds. The number of fused-ring (bicyclic) bond motifs is 3. The number of benzene rings is 2. The molecule has 2 heterocycles. The predicted molar refractivity (Wildman–Crippen MR) is 92.4 cm³/mol. The van der Waals surface area contributed by atoms with Crippen LogP contribution in [0.4, 0.5) is 19.0 Å². The summed E-state index contributed by atoms with van der Waals surface area (Å²) in [5.74, 6) is 0.620. The van der Waals surface area contributed by atoms with Crippen LogP contribution < -0.4 is 5.32 Å². The lowest BCUT2D eigenvalue weighted by molar-refractivity contribution is -0.137. The van der Waals surface area contributed by atoms with Crippen LogP contribution in [-0.2, 0) is 12.7 Å². The molecule has 4 rings (SSSR count). The molecule has 2 aromatic carbocycles. The van der Waals surface area contributed by atoms with Gasteiger partial charge in [0, 0.05) is 22.8 Å². The van der Waals surface area contributed by atoms with Crippen molar-refractivity contribution < 1.29 is 13.2 Å². The fraction of sp³-hybridized carbons (Fsp3) is 0.105. The van der Waals surface area contributed by atoms with Crippen LogP contribution in [0.15, 0.2) is 60.8 Å². The van der Waals surface area contributed by atoms with Crippen molar-refractivity contribution >= 4 is 27.6 Å². The Labute approximate surface area is 141 Å². The lowest BCUT2D eigenvalue weighted by atomic mass is 10.1. The lowest BCUT2D eigenvalue weighted by Crippen LogP contribution is -2.07. The van der Waals surface area contributed by atoms with Gasteiger partial charge in [0.05, 0.1) is 17.3 Å². The normalized spacial score (nSPS) is 12.0. The van der Waals surface area contributed by atoms with Crippen LogP contribution in [0.1, 0.15) is 11.1 Å². The Kier molecular flexibility index (Phi) is 3.60. The van der Waals surface area contributed by atoms with Crippen molar-refractivity contribution in [3.8, 4) is 0 Å². The molecule has 126 valence electrons. The number of hydrogen-bond acceptors (Lipinski definition) is 2. The molecule has 0 radical (unpaired) electrons. The summed E-state index contributed by atoms with van der Waals surface area (Å²) >= 11 is 0. The van der Waals surface area contributed by atoms with Gasteiger partial charge in [-0.2, -0.15) is 13.2 Å². The fourth-order valence-electron chi connectivity index (χ4n) is 2.90. The Balaban J connectivity index is 1.60. The molecule has 0 saturated heterocycles. The first kappa shape index (κ1) is 15.5. The fourth-order valence-corrected chi connectivity index (χ4v) is 2.90. The molecule has 0 spiro atoms. The Bertz CT molecular complexity index is 1050. The summed E-state index contributed by atoms with van der Waals surface area (Å²) in [6, 6.07) is 15.1. The number of alkyl halides is 3. The molecule has 0 atom stereocenters. The van der Waals surface area contributed by atoms with E-state index in [0.717, 1.165) is 33.9 Å².